The van der Waals surface area contributed by atoms with Crippen LogP contribution in [0, 0.1) is 5.92 Å². The highest BCUT2D eigenvalue weighted by molar-refractivity contribution is 5.92. The number of aliphatic carboxylic acids is 1. The molecule has 1 aliphatic rings. The van der Waals surface area contributed by atoms with Crippen molar-refractivity contribution in [2.45, 2.75) is 6.42 Å². The van der Waals surface area contributed by atoms with Crippen molar-refractivity contribution in [2.75, 3.05) is 13.1 Å². The number of nitrogens with zero attached hydrogens (tertiary/aromatic N) is 1. The molecule has 0 saturated carbocycles. The molecule has 5 nitrogen and oxygen atoms in total. The molecule has 0 unspecified atom stereocenters. The normalized spacial score (nSPS) is 20.0. The lowest BCUT2D eigenvalue weighted by molar-refractivity contribution is -0.141. The van der Waals surface area contributed by atoms with Gasteiger partial charge in [0.15, 0.2) is 0 Å². The maximum atomic E-state index is 11.7. The van der Waals surface area contributed by atoms with Crippen molar-refractivity contribution in [2.24, 2.45) is 5.92 Å². The average Bonchev–Trinajstić information content (AvgIpc) is 2.96. The molecule has 1 atom stereocenters. The SMILES string of the molecule is O=C(O)[C@H]1CCN(C(=O)/C=C\c2ccco2)C1. The Kier molecular flexibility index (Phi) is 3.27. The summed E-state index contributed by atoms with van der Waals surface area (Å²) in [4.78, 5) is 24.0. The first-order valence-electron chi connectivity index (χ1n) is 5.40. The summed E-state index contributed by atoms with van der Waals surface area (Å²) in [5.41, 5.74) is 0. The molecule has 1 amide bonds. The molecule has 0 radical (unpaired) electrons. The molecule has 2 heterocycles. The third kappa shape index (κ3) is 2.75. The van der Waals surface area contributed by atoms with E-state index in [0.717, 1.165) is 0 Å². The molecular weight excluding hydrogens is 222 g/mol. The van der Waals surface area contributed by atoms with Crippen LogP contribution in [0.25, 0.3) is 6.08 Å². The minimum atomic E-state index is -0.838. The lowest BCUT2D eigenvalue weighted by atomic mass is 10.1. The highest BCUT2D eigenvalue weighted by Gasteiger charge is 2.29. The Morgan fingerprint density at radius 2 is 2.35 bits per heavy atom. The van der Waals surface area contributed by atoms with Gasteiger partial charge in [0.2, 0.25) is 5.91 Å². The Bertz CT molecular complexity index is 435. The molecule has 1 saturated heterocycles. The first kappa shape index (κ1) is 11.4. The minimum absolute atomic E-state index is 0.176. The predicted octanol–water partition coefficient (Wildman–Crippen LogP) is 1.23. The second-order valence-corrected chi connectivity index (χ2v) is 3.96. The van der Waals surface area contributed by atoms with Gasteiger partial charge in [-0.1, -0.05) is 0 Å². The maximum absolute atomic E-state index is 11.7. The third-order valence-corrected chi connectivity index (χ3v) is 2.78. The van der Waals surface area contributed by atoms with E-state index in [1.807, 2.05) is 0 Å². The largest absolute Gasteiger partial charge is 0.481 e. The van der Waals surface area contributed by atoms with Crippen molar-refractivity contribution in [3.05, 3.63) is 30.2 Å². The Balaban J connectivity index is 1.91. The van der Waals surface area contributed by atoms with Crippen molar-refractivity contribution in [3.8, 4) is 0 Å². The number of carbonyl (C=O) groups excluding carboxylic acids is 1. The van der Waals surface area contributed by atoms with E-state index in [0.29, 0.717) is 18.7 Å². The van der Waals surface area contributed by atoms with Crippen molar-refractivity contribution in [1.82, 2.24) is 4.90 Å². The van der Waals surface area contributed by atoms with Crippen LogP contribution < -0.4 is 0 Å². The van der Waals surface area contributed by atoms with Gasteiger partial charge in [-0.25, -0.2) is 0 Å². The van der Waals surface area contributed by atoms with Gasteiger partial charge in [0.05, 0.1) is 12.2 Å². The first-order valence-corrected chi connectivity index (χ1v) is 5.40. The van der Waals surface area contributed by atoms with E-state index in [1.54, 1.807) is 18.2 Å². The summed E-state index contributed by atoms with van der Waals surface area (Å²) in [5.74, 6) is -0.844. The number of carboxylic acids is 1. The van der Waals surface area contributed by atoms with E-state index in [9.17, 15) is 9.59 Å². The number of carbonyl (C=O) groups is 2. The summed E-state index contributed by atoms with van der Waals surface area (Å²) in [7, 11) is 0. The van der Waals surface area contributed by atoms with E-state index in [4.69, 9.17) is 9.52 Å². The van der Waals surface area contributed by atoms with Crippen LogP contribution in [0.5, 0.6) is 0 Å². The topological polar surface area (TPSA) is 70.8 Å². The number of likely N-dealkylation sites (tertiary alicyclic amines) is 1. The van der Waals surface area contributed by atoms with Gasteiger partial charge in [0, 0.05) is 19.2 Å². The first-order chi connectivity index (χ1) is 8.16. The molecular formula is C12H13NO4. The molecule has 0 aromatic carbocycles. The standard InChI is InChI=1S/C12H13NO4/c14-11(4-3-10-2-1-7-17-10)13-6-5-9(8-13)12(15)16/h1-4,7,9H,5-6,8H2,(H,15,16)/b4-3-/t9-/m0/s1. The zero-order chi connectivity index (χ0) is 12.3. The molecule has 2 rings (SSSR count). The summed E-state index contributed by atoms with van der Waals surface area (Å²) in [5, 5.41) is 8.82. The molecule has 0 aliphatic carbocycles. The molecule has 5 heteroatoms. The van der Waals surface area contributed by atoms with Crippen LogP contribution in [0.4, 0.5) is 0 Å². The Morgan fingerprint density at radius 3 is 2.94 bits per heavy atom. The highest BCUT2D eigenvalue weighted by atomic mass is 16.4. The summed E-state index contributed by atoms with van der Waals surface area (Å²) in [6, 6.07) is 3.48. The van der Waals surface area contributed by atoms with Crippen LogP contribution in [0.1, 0.15) is 12.2 Å². The molecule has 1 aliphatic heterocycles. The number of furan rings is 1. The van der Waals surface area contributed by atoms with Crippen LogP contribution in [0.15, 0.2) is 28.9 Å². The maximum Gasteiger partial charge on any atom is 0.308 e. The quantitative estimate of drug-likeness (QED) is 0.800. The monoisotopic (exact) mass is 235 g/mol. The fraction of sp³-hybridized carbons (Fsp3) is 0.333. The Morgan fingerprint density at radius 1 is 1.53 bits per heavy atom. The van der Waals surface area contributed by atoms with Crippen LogP contribution in [0.2, 0.25) is 0 Å². The fourth-order valence-electron chi connectivity index (χ4n) is 1.81. The number of amides is 1. The van der Waals surface area contributed by atoms with E-state index < -0.39 is 11.9 Å². The van der Waals surface area contributed by atoms with Crippen molar-refractivity contribution < 1.29 is 19.1 Å². The number of hydrogen-bond donors (Lipinski definition) is 1. The van der Waals surface area contributed by atoms with Crippen molar-refractivity contribution in [3.63, 3.8) is 0 Å². The number of hydrogen-bond acceptors (Lipinski definition) is 3. The van der Waals surface area contributed by atoms with Crippen LogP contribution in [0.3, 0.4) is 0 Å². The molecule has 1 fully saturated rings. The lowest BCUT2D eigenvalue weighted by Crippen LogP contribution is -2.28. The molecule has 1 N–H and O–H groups in total. The van der Waals surface area contributed by atoms with Gasteiger partial charge in [0.1, 0.15) is 5.76 Å². The molecule has 0 bridgehead atoms. The highest BCUT2D eigenvalue weighted by Crippen LogP contribution is 2.16. The Labute approximate surface area is 98.3 Å². The summed E-state index contributed by atoms with van der Waals surface area (Å²) in [6.45, 7) is 0.787. The van der Waals surface area contributed by atoms with Gasteiger partial charge in [-0.2, -0.15) is 0 Å². The molecule has 0 spiro atoms. The van der Waals surface area contributed by atoms with Gasteiger partial charge < -0.3 is 14.4 Å². The predicted molar refractivity (Wildman–Crippen MR) is 60.1 cm³/mol. The van der Waals surface area contributed by atoms with E-state index in [2.05, 4.69) is 0 Å². The van der Waals surface area contributed by atoms with Crippen molar-refractivity contribution in [1.29, 1.82) is 0 Å². The Hall–Kier alpha value is -2.04. The molecule has 17 heavy (non-hydrogen) atoms. The fourth-order valence-corrected chi connectivity index (χ4v) is 1.81. The minimum Gasteiger partial charge on any atom is -0.481 e. The van der Waals surface area contributed by atoms with E-state index in [-0.39, 0.29) is 12.5 Å². The summed E-state index contributed by atoms with van der Waals surface area (Å²) in [6.07, 6.45) is 5.04. The smallest absolute Gasteiger partial charge is 0.308 e. The number of rotatable bonds is 3. The lowest BCUT2D eigenvalue weighted by Gasteiger charge is -2.12. The average molecular weight is 235 g/mol. The zero-order valence-electron chi connectivity index (χ0n) is 9.20. The summed E-state index contributed by atoms with van der Waals surface area (Å²) < 4.78 is 5.05. The van der Waals surface area contributed by atoms with Gasteiger partial charge >= 0.3 is 5.97 Å². The second kappa shape index (κ2) is 4.86. The van der Waals surface area contributed by atoms with Crippen LogP contribution >= 0.6 is 0 Å². The number of carboxylic acid groups (broad SMARTS) is 1. The van der Waals surface area contributed by atoms with Crippen molar-refractivity contribution >= 4 is 18.0 Å². The molecule has 1 aromatic rings. The van der Waals surface area contributed by atoms with Gasteiger partial charge in [-0.15, -0.1) is 0 Å². The van der Waals surface area contributed by atoms with Gasteiger partial charge in [-0.05, 0) is 24.6 Å². The van der Waals surface area contributed by atoms with Gasteiger partial charge in [-0.3, -0.25) is 9.59 Å². The van der Waals surface area contributed by atoms with Gasteiger partial charge in [0.25, 0.3) is 0 Å². The van der Waals surface area contributed by atoms with E-state index >= 15 is 0 Å². The zero-order valence-corrected chi connectivity index (χ0v) is 9.20. The molecule has 90 valence electrons. The van der Waals surface area contributed by atoms with Crippen LogP contribution in [-0.2, 0) is 9.59 Å². The second-order valence-electron chi connectivity index (χ2n) is 3.96. The van der Waals surface area contributed by atoms with Crippen LogP contribution in [-0.4, -0.2) is 35.0 Å². The summed E-state index contributed by atoms with van der Waals surface area (Å²) >= 11 is 0. The molecule has 1 aromatic heterocycles. The van der Waals surface area contributed by atoms with E-state index in [1.165, 1.54) is 17.2 Å². The third-order valence-electron chi connectivity index (χ3n) is 2.78.